The molecule has 4 atom stereocenters. The third kappa shape index (κ3) is 4.76. The van der Waals surface area contributed by atoms with Crippen molar-refractivity contribution in [3.63, 3.8) is 0 Å². The quantitative estimate of drug-likeness (QED) is 0.262. The molecule has 32 heavy (non-hydrogen) atoms. The first-order valence-corrected chi connectivity index (χ1v) is 10.6. The van der Waals surface area contributed by atoms with E-state index in [9.17, 15) is 14.7 Å². The van der Waals surface area contributed by atoms with Crippen molar-refractivity contribution in [2.45, 2.75) is 19.1 Å². The van der Waals surface area contributed by atoms with Crippen LogP contribution in [0.5, 0.6) is 0 Å². The lowest BCUT2D eigenvalue weighted by Crippen LogP contribution is -2.82. The number of nitrogens with one attached hydrogen (secondary N) is 1. The van der Waals surface area contributed by atoms with E-state index in [1.165, 1.54) is 13.4 Å². The minimum atomic E-state index is -1.04. The Kier molecular flexibility index (Phi) is 6.72. The summed E-state index contributed by atoms with van der Waals surface area (Å²) in [6.07, 6.45) is 1.67. The van der Waals surface area contributed by atoms with Gasteiger partial charge in [-0.15, -0.1) is 0 Å². The highest BCUT2D eigenvalue weighted by atomic mass is 16.6. The minimum Gasteiger partial charge on any atom is -0.472 e. The van der Waals surface area contributed by atoms with Crippen LogP contribution >= 0.6 is 0 Å². The van der Waals surface area contributed by atoms with Crippen LogP contribution in [0.1, 0.15) is 23.2 Å². The fourth-order valence-corrected chi connectivity index (χ4v) is 4.42. The highest BCUT2D eigenvalue weighted by Crippen LogP contribution is 2.46. The van der Waals surface area contributed by atoms with Gasteiger partial charge in [-0.25, -0.2) is 20.4 Å². The summed E-state index contributed by atoms with van der Waals surface area (Å²) in [6.45, 7) is 0.151. The molecular weight excluding hydrogens is 412 g/mol. The Morgan fingerprint density at radius 3 is 2.56 bits per heavy atom. The molecule has 2 aromatic rings. The molecule has 4 unspecified atom stereocenters. The second kappa shape index (κ2) is 9.84. The summed E-state index contributed by atoms with van der Waals surface area (Å²) in [5.74, 6) is -1.46. The first-order chi connectivity index (χ1) is 15.6. The van der Waals surface area contributed by atoms with Gasteiger partial charge in [0.15, 0.2) is 12.0 Å². The summed E-state index contributed by atoms with van der Waals surface area (Å²) in [5.41, 5.74) is 7.84. The Morgan fingerprint density at radius 1 is 1.09 bits per heavy atom. The number of methoxy groups -OCH3 is 1. The van der Waals surface area contributed by atoms with Crippen molar-refractivity contribution < 1.29 is 34.3 Å². The van der Waals surface area contributed by atoms with Crippen LogP contribution in [0, 0.1) is 17.8 Å². The standard InChI is InChI=1S/C24H26N2O6/c1-30-23(28)20-14-32-24(29)21-16(9-12-19(20)21)13-31-22(27)15-7-10-18(11-8-15)26-25-17-5-3-2-4-6-17/h2-8,10-11,14,16,19,21,24-26,29H,9,12-13H2,1H3/p+1. The summed E-state index contributed by atoms with van der Waals surface area (Å²) in [5, 5.41) is 10.3. The van der Waals surface area contributed by atoms with Gasteiger partial charge in [0.25, 0.3) is 0 Å². The Hall–Kier alpha value is -3.36. The first kappa shape index (κ1) is 21.9. The van der Waals surface area contributed by atoms with Crippen LogP contribution in [0.3, 0.4) is 0 Å². The van der Waals surface area contributed by atoms with Crippen LogP contribution in [-0.4, -0.2) is 37.1 Å². The molecule has 168 valence electrons. The van der Waals surface area contributed by atoms with Crippen molar-refractivity contribution in [1.29, 1.82) is 0 Å². The molecule has 1 aliphatic heterocycles. The SMILES string of the molecule is COC(=O)C1=COC(O)C2C(COC(=O)c3ccc([NH2+]Nc4ccccc4)cc3)CCC12. The summed E-state index contributed by atoms with van der Waals surface area (Å²) in [7, 11) is 1.32. The largest absolute Gasteiger partial charge is 0.472 e. The Bertz CT molecular complexity index is 976. The number of aliphatic hydroxyl groups is 1. The molecule has 4 N–H and O–H groups in total. The van der Waals surface area contributed by atoms with Gasteiger partial charge in [-0.3, -0.25) is 0 Å². The lowest BCUT2D eigenvalue weighted by Gasteiger charge is -2.32. The van der Waals surface area contributed by atoms with Crippen molar-refractivity contribution in [2.24, 2.45) is 17.8 Å². The number of carbonyl (C=O) groups is 2. The predicted molar refractivity (Wildman–Crippen MR) is 115 cm³/mol. The predicted octanol–water partition coefficient (Wildman–Crippen LogP) is 2.11. The summed E-state index contributed by atoms with van der Waals surface area (Å²) in [4.78, 5) is 24.5. The Balaban J connectivity index is 1.31. The first-order valence-electron chi connectivity index (χ1n) is 10.6. The monoisotopic (exact) mass is 439 g/mol. The fourth-order valence-electron chi connectivity index (χ4n) is 4.42. The van der Waals surface area contributed by atoms with E-state index in [1.807, 2.05) is 47.9 Å². The van der Waals surface area contributed by atoms with Crippen molar-refractivity contribution >= 4 is 23.3 Å². The summed E-state index contributed by atoms with van der Waals surface area (Å²) in [6, 6.07) is 16.9. The molecule has 2 aromatic carbocycles. The van der Waals surface area contributed by atoms with E-state index in [0.29, 0.717) is 17.6 Å². The number of fused-ring (bicyclic) bond motifs is 1. The van der Waals surface area contributed by atoms with Crippen molar-refractivity contribution in [2.75, 3.05) is 19.1 Å². The number of rotatable bonds is 7. The maximum atomic E-state index is 12.5. The number of aliphatic hydroxyl groups excluding tert-OH is 1. The number of hydrogen-bond donors (Lipinski definition) is 3. The fraction of sp³-hybridized carbons (Fsp3) is 0.333. The van der Waals surface area contributed by atoms with Gasteiger partial charge in [0.1, 0.15) is 0 Å². The number of carbonyl (C=O) groups excluding carboxylic acids is 2. The summed E-state index contributed by atoms with van der Waals surface area (Å²) >= 11 is 0. The highest BCUT2D eigenvalue weighted by Gasteiger charge is 2.47. The molecule has 1 aliphatic carbocycles. The molecule has 0 radical (unpaired) electrons. The van der Waals surface area contributed by atoms with Crippen LogP contribution in [0.4, 0.5) is 11.4 Å². The van der Waals surface area contributed by atoms with Crippen LogP contribution in [0.15, 0.2) is 66.4 Å². The van der Waals surface area contributed by atoms with Gasteiger partial charge in [0.05, 0.1) is 36.8 Å². The topological polar surface area (TPSA) is 111 Å². The molecule has 0 aromatic heterocycles. The molecule has 8 heteroatoms. The van der Waals surface area contributed by atoms with E-state index < -0.39 is 18.2 Å². The van der Waals surface area contributed by atoms with Gasteiger partial charge in [0.2, 0.25) is 0 Å². The lowest BCUT2D eigenvalue weighted by molar-refractivity contribution is -0.538. The van der Waals surface area contributed by atoms with Gasteiger partial charge in [-0.05, 0) is 37.1 Å². The Morgan fingerprint density at radius 2 is 1.84 bits per heavy atom. The molecule has 1 saturated carbocycles. The normalized spacial score (nSPS) is 24.0. The van der Waals surface area contributed by atoms with Crippen molar-refractivity contribution in [3.8, 4) is 0 Å². The van der Waals surface area contributed by atoms with Gasteiger partial charge in [0, 0.05) is 29.9 Å². The van der Waals surface area contributed by atoms with E-state index in [2.05, 4.69) is 5.43 Å². The number of nitrogen functional groups attached to an aromatic ring is 1. The van der Waals surface area contributed by atoms with E-state index in [-0.39, 0.29) is 24.4 Å². The second-order valence-corrected chi connectivity index (χ2v) is 7.99. The molecule has 0 bridgehead atoms. The number of ether oxygens (including phenoxy) is 3. The molecule has 0 amide bonds. The third-order valence-electron chi connectivity index (χ3n) is 6.10. The van der Waals surface area contributed by atoms with E-state index in [1.54, 1.807) is 12.1 Å². The smallest absolute Gasteiger partial charge is 0.338 e. The number of hydrogen-bond acceptors (Lipinski definition) is 7. The molecule has 0 spiro atoms. The molecule has 8 nitrogen and oxygen atoms in total. The number of quaternary nitrogens is 1. The van der Waals surface area contributed by atoms with Crippen LogP contribution < -0.4 is 10.9 Å². The molecular formula is C24H27N2O6+. The average Bonchev–Trinajstić information content (AvgIpc) is 3.27. The van der Waals surface area contributed by atoms with E-state index in [0.717, 1.165) is 17.8 Å². The molecule has 2 aliphatic rings. The van der Waals surface area contributed by atoms with Crippen LogP contribution in [-0.2, 0) is 19.0 Å². The lowest BCUT2D eigenvalue weighted by atomic mass is 9.83. The van der Waals surface area contributed by atoms with Gasteiger partial charge in [-0.1, -0.05) is 18.2 Å². The van der Waals surface area contributed by atoms with Crippen LogP contribution in [0.25, 0.3) is 0 Å². The van der Waals surface area contributed by atoms with Gasteiger partial charge >= 0.3 is 11.9 Å². The number of nitrogens with two attached hydrogens (primary N) is 1. The summed E-state index contributed by atoms with van der Waals surface area (Å²) < 4.78 is 15.6. The van der Waals surface area contributed by atoms with Crippen molar-refractivity contribution in [1.82, 2.24) is 0 Å². The van der Waals surface area contributed by atoms with Gasteiger partial charge < -0.3 is 19.3 Å². The highest BCUT2D eigenvalue weighted by molar-refractivity contribution is 5.90. The zero-order valence-electron chi connectivity index (χ0n) is 17.8. The van der Waals surface area contributed by atoms with Gasteiger partial charge in [-0.2, -0.15) is 0 Å². The average molecular weight is 439 g/mol. The maximum absolute atomic E-state index is 12.5. The molecule has 4 rings (SSSR count). The Labute approximate surface area is 186 Å². The number of anilines is 1. The third-order valence-corrected chi connectivity index (χ3v) is 6.10. The van der Waals surface area contributed by atoms with Crippen LogP contribution in [0.2, 0.25) is 0 Å². The number of esters is 2. The zero-order chi connectivity index (χ0) is 22.5. The molecule has 0 saturated heterocycles. The van der Waals surface area contributed by atoms with E-state index >= 15 is 0 Å². The maximum Gasteiger partial charge on any atom is 0.338 e. The number of benzene rings is 2. The second-order valence-electron chi connectivity index (χ2n) is 7.99. The van der Waals surface area contributed by atoms with E-state index in [4.69, 9.17) is 14.2 Å². The minimum absolute atomic E-state index is 0.102. The molecule has 1 heterocycles. The zero-order valence-corrected chi connectivity index (χ0v) is 17.8. The number of para-hydroxylation sites is 1. The van der Waals surface area contributed by atoms with Crippen molar-refractivity contribution in [3.05, 3.63) is 72.0 Å². The molecule has 1 fully saturated rings.